The van der Waals surface area contributed by atoms with Crippen LogP contribution in [0.5, 0.6) is 0 Å². The molecule has 0 spiro atoms. The van der Waals surface area contributed by atoms with Crippen molar-refractivity contribution < 1.29 is 4.79 Å². The third kappa shape index (κ3) is 1.60. The second-order valence-electron chi connectivity index (χ2n) is 4.49. The van der Waals surface area contributed by atoms with Crippen LogP contribution in [0.2, 0.25) is 0 Å². The van der Waals surface area contributed by atoms with Crippen molar-refractivity contribution in [2.75, 3.05) is 5.06 Å². The van der Waals surface area contributed by atoms with Crippen molar-refractivity contribution in [1.82, 2.24) is 0 Å². The highest BCUT2D eigenvalue weighted by Gasteiger charge is 2.18. The number of carbonyl (C=O) groups excluding carboxylic acids is 1. The fourth-order valence-corrected chi connectivity index (χ4v) is 2.44. The summed E-state index contributed by atoms with van der Waals surface area (Å²) in [4.78, 5) is 11.1. The summed E-state index contributed by atoms with van der Waals surface area (Å²) in [6.07, 6.45) is 0.824. The molecule has 0 heterocycles. The van der Waals surface area contributed by atoms with Crippen molar-refractivity contribution in [3.05, 3.63) is 58.8 Å². The summed E-state index contributed by atoms with van der Waals surface area (Å²) in [7, 11) is 0. The number of hydroxylamine groups is 1. The molecule has 3 nitrogen and oxygen atoms in total. The van der Waals surface area contributed by atoms with Crippen LogP contribution in [0.3, 0.4) is 0 Å². The molecule has 0 fully saturated rings. The summed E-state index contributed by atoms with van der Waals surface area (Å²) in [5.74, 6) is -0.495. The molecular weight excluding hydrogens is 226 g/mol. The van der Waals surface area contributed by atoms with Crippen molar-refractivity contribution >= 4 is 11.6 Å². The Balaban J connectivity index is 2.06. The number of hydrogen-bond donors (Lipinski definition) is 0. The normalized spacial score (nSPS) is 11.9. The smallest absolute Gasteiger partial charge is 0.213 e. The van der Waals surface area contributed by atoms with Crippen LogP contribution in [0.4, 0.5) is 5.69 Å². The summed E-state index contributed by atoms with van der Waals surface area (Å²) < 4.78 is 0. The molecule has 1 aliphatic carbocycles. The van der Waals surface area contributed by atoms with Crippen LogP contribution in [0.15, 0.2) is 42.5 Å². The van der Waals surface area contributed by atoms with Gasteiger partial charge in [0.1, 0.15) is 0 Å². The van der Waals surface area contributed by atoms with Gasteiger partial charge in [-0.1, -0.05) is 30.3 Å². The van der Waals surface area contributed by atoms with E-state index in [1.807, 2.05) is 24.3 Å². The van der Waals surface area contributed by atoms with E-state index in [-0.39, 0.29) is 0 Å². The fourth-order valence-electron chi connectivity index (χ4n) is 2.44. The summed E-state index contributed by atoms with van der Waals surface area (Å²) >= 11 is 0. The number of fused-ring (bicyclic) bond motifs is 3. The lowest BCUT2D eigenvalue weighted by Gasteiger charge is -2.27. The number of rotatable bonds is 1. The van der Waals surface area contributed by atoms with Crippen LogP contribution in [0, 0.1) is 5.21 Å². The van der Waals surface area contributed by atoms with Gasteiger partial charge in [0.15, 0.2) is 0 Å². The lowest BCUT2D eigenvalue weighted by Crippen LogP contribution is -2.20. The Hall–Kier alpha value is -2.13. The van der Waals surface area contributed by atoms with Crippen molar-refractivity contribution in [1.29, 1.82) is 0 Å². The van der Waals surface area contributed by atoms with E-state index in [2.05, 4.69) is 12.1 Å². The Labute approximate surface area is 105 Å². The molecule has 90 valence electrons. The Bertz CT molecular complexity index is 634. The molecule has 2 aromatic rings. The first-order valence-corrected chi connectivity index (χ1v) is 5.86. The first kappa shape index (κ1) is 11.0. The molecule has 0 saturated carbocycles. The predicted molar refractivity (Wildman–Crippen MR) is 71.2 cm³/mol. The maximum Gasteiger partial charge on any atom is 0.213 e. The van der Waals surface area contributed by atoms with Gasteiger partial charge in [-0.25, -0.2) is 0 Å². The van der Waals surface area contributed by atoms with Crippen molar-refractivity contribution in [2.45, 2.75) is 13.3 Å². The van der Waals surface area contributed by atoms with E-state index in [0.29, 0.717) is 10.8 Å². The average Bonchev–Trinajstić information content (AvgIpc) is 2.75. The fraction of sp³-hybridized carbons (Fsp3) is 0.133. The monoisotopic (exact) mass is 238 g/mol. The molecule has 1 aliphatic rings. The molecule has 0 N–H and O–H groups in total. The molecule has 3 rings (SSSR count). The van der Waals surface area contributed by atoms with Crippen LogP contribution in [-0.4, -0.2) is 5.91 Å². The van der Waals surface area contributed by atoms with E-state index in [1.54, 1.807) is 6.07 Å². The van der Waals surface area contributed by atoms with Gasteiger partial charge in [0.25, 0.3) is 0 Å². The van der Waals surface area contributed by atoms with Gasteiger partial charge in [-0.3, -0.25) is 4.79 Å². The zero-order chi connectivity index (χ0) is 12.7. The summed E-state index contributed by atoms with van der Waals surface area (Å²) in [6.45, 7) is 1.27. The van der Waals surface area contributed by atoms with Crippen molar-refractivity contribution in [3.63, 3.8) is 0 Å². The molecule has 0 aromatic heterocycles. The van der Waals surface area contributed by atoms with Gasteiger partial charge in [-0.05, 0) is 40.8 Å². The van der Waals surface area contributed by atoms with Crippen LogP contribution in [-0.2, 0) is 11.2 Å². The second kappa shape index (κ2) is 3.96. The highest BCUT2D eigenvalue weighted by atomic mass is 16.5. The minimum absolute atomic E-state index is 0.411. The maximum atomic E-state index is 11.6. The van der Waals surface area contributed by atoms with E-state index in [0.717, 1.165) is 17.5 Å². The Kier molecular flexibility index (Phi) is 2.42. The van der Waals surface area contributed by atoms with Gasteiger partial charge in [0.2, 0.25) is 5.91 Å². The topological polar surface area (TPSA) is 43.4 Å². The largest absolute Gasteiger partial charge is 0.752 e. The number of nitrogens with zero attached hydrogens (tertiary/aromatic N) is 1. The Morgan fingerprint density at radius 1 is 1.11 bits per heavy atom. The van der Waals surface area contributed by atoms with E-state index in [9.17, 15) is 10.0 Å². The molecule has 2 aromatic carbocycles. The van der Waals surface area contributed by atoms with Crippen LogP contribution in [0.1, 0.15) is 18.1 Å². The Morgan fingerprint density at radius 2 is 1.83 bits per heavy atom. The summed E-state index contributed by atoms with van der Waals surface area (Å²) in [5.41, 5.74) is 5.17. The minimum atomic E-state index is -0.495. The average molecular weight is 238 g/mol. The molecular formula is C15H12NO2-. The van der Waals surface area contributed by atoms with Gasteiger partial charge in [-0.2, -0.15) is 0 Å². The van der Waals surface area contributed by atoms with E-state index in [1.165, 1.54) is 18.1 Å². The number of anilines is 1. The highest BCUT2D eigenvalue weighted by molar-refractivity contribution is 5.93. The van der Waals surface area contributed by atoms with Gasteiger partial charge in [0.05, 0.1) is 0 Å². The first-order chi connectivity index (χ1) is 8.66. The number of amides is 1. The predicted octanol–water partition coefficient (Wildman–Crippen LogP) is 3.11. The van der Waals surface area contributed by atoms with Crippen LogP contribution < -0.4 is 5.06 Å². The number of carbonyl (C=O) groups is 1. The van der Waals surface area contributed by atoms with Crippen molar-refractivity contribution in [2.24, 2.45) is 0 Å². The lowest BCUT2D eigenvalue weighted by molar-refractivity contribution is -0.116. The van der Waals surface area contributed by atoms with E-state index in [4.69, 9.17) is 0 Å². The molecule has 0 bridgehead atoms. The third-order valence-electron chi connectivity index (χ3n) is 3.30. The quantitative estimate of drug-likeness (QED) is 0.611. The molecule has 0 atom stereocenters. The van der Waals surface area contributed by atoms with Gasteiger partial charge < -0.3 is 10.3 Å². The highest BCUT2D eigenvalue weighted by Crippen LogP contribution is 2.38. The van der Waals surface area contributed by atoms with Crippen LogP contribution >= 0.6 is 0 Å². The molecule has 18 heavy (non-hydrogen) atoms. The summed E-state index contributed by atoms with van der Waals surface area (Å²) in [6, 6.07) is 13.6. The standard InChI is InChI=1S/C15H12NO2/c1-10(17)16(18)13-6-7-15-12(9-13)8-11-4-2-3-5-14(11)15/h2-7,9H,8H2,1H3/q-1. The maximum absolute atomic E-state index is 11.6. The molecule has 0 aliphatic heterocycles. The first-order valence-electron chi connectivity index (χ1n) is 5.86. The van der Waals surface area contributed by atoms with Gasteiger partial charge in [-0.15, -0.1) is 0 Å². The Morgan fingerprint density at radius 3 is 2.61 bits per heavy atom. The molecule has 0 saturated heterocycles. The minimum Gasteiger partial charge on any atom is -0.752 e. The zero-order valence-corrected chi connectivity index (χ0v) is 10.0. The SMILES string of the molecule is CC(=O)N([O-])c1ccc2c(c1)Cc1ccccc1-2. The van der Waals surface area contributed by atoms with E-state index >= 15 is 0 Å². The van der Waals surface area contributed by atoms with Gasteiger partial charge in [0, 0.05) is 12.6 Å². The van der Waals surface area contributed by atoms with Crippen molar-refractivity contribution in [3.8, 4) is 11.1 Å². The second-order valence-corrected chi connectivity index (χ2v) is 4.49. The zero-order valence-electron chi connectivity index (χ0n) is 10.0. The third-order valence-corrected chi connectivity index (χ3v) is 3.30. The molecule has 1 amide bonds. The van der Waals surface area contributed by atoms with Gasteiger partial charge >= 0.3 is 0 Å². The van der Waals surface area contributed by atoms with E-state index < -0.39 is 5.91 Å². The van der Waals surface area contributed by atoms with Crippen LogP contribution in [0.25, 0.3) is 11.1 Å². The molecule has 0 unspecified atom stereocenters. The number of hydrogen-bond acceptors (Lipinski definition) is 2. The lowest BCUT2D eigenvalue weighted by atomic mass is 10.1. The number of benzene rings is 2. The molecule has 3 heteroatoms. The summed E-state index contributed by atoms with van der Waals surface area (Å²) in [5, 5.41) is 12.0. The molecule has 0 radical (unpaired) electrons.